The molecule has 0 bridgehead atoms. The van der Waals surface area contributed by atoms with E-state index in [0.717, 1.165) is 0 Å². The van der Waals surface area contributed by atoms with E-state index in [2.05, 4.69) is 20.9 Å². The minimum atomic E-state index is -0.428. The minimum Gasteiger partial charge on any atom is -0.358 e. The fraction of sp³-hybridized carbons (Fsp3) is 0. The summed E-state index contributed by atoms with van der Waals surface area (Å²) in [5.74, 6) is -0.428. The van der Waals surface area contributed by atoms with E-state index in [-0.39, 0.29) is 10.9 Å². The highest BCUT2D eigenvalue weighted by atomic mass is 127. The third kappa shape index (κ3) is 1.58. The van der Waals surface area contributed by atoms with Gasteiger partial charge in [0.25, 0.3) is 0 Å². The van der Waals surface area contributed by atoms with Crippen LogP contribution in [0.3, 0.4) is 0 Å². The SMILES string of the molecule is O=c1c(I)c[nH]c2c(F)cc(Br)cc12. The fourth-order valence-electron chi connectivity index (χ4n) is 1.23. The van der Waals surface area contributed by atoms with E-state index in [1.807, 2.05) is 22.6 Å². The van der Waals surface area contributed by atoms with Crippen LogP contribution >= 0.6 is 38.5 Å². The first kappa shape index (κ1) is 10.1. The minimum absolute atomic E-state index is 0.153. The van der Waals surface area contributed by atoms with E-state index in [0.29, 0.717) is 13.4 Å². The lowest BCUT2D eigenvalue weighted by Gasteiger charge is -2.00. The molecule has 1 aromatic heterocycles. The van der Waals surface area contributed by atoms with Gasteiger partial charge in [0, 0.05) is 10.7 Å². The normalized spacial score (nSPS) is 10.8. The van der Waals surface area contributed by atoms with Crippen LogP contribution in [0.25, 0.3) is 10.9 Å². The van der Waals surface area contributed by atoms with Crippen LogP contribution in [0.2, 0.25) is 0 Å². The van der Waals surface area contributed by atoms with Crippen molar-refractivity contribution in [3.63, 3.8) is 0 Å². The predicted molar refractivity (Wildman–Crippen MR) is 64.9 cm³/mol. The number of hydrogen-bond acceptors (Lipinski definition) is 1. The average Bonchev–Trinajstić information content (AvgIpc) is 2.12. The molecule has 1 heterocycles. The van der Waals surface area contributed by atoms with E-state index in [1.54, 1.807) is 6.07 Å². The van der Waals surface area contributed by atoms with Crippen LogP contribution in [-0.4, -0.2) is 4.98 Å². The Morgan fingerprint density at radius 3 is 2.86 bits per heavy atom. The molecule has 72 valence electrons. The van der Waals surface area contributed by atoms with Crippen molar-refractivity contribution in [3.8, 4) is 0 Å². The van der Waals surface area contributed by atoms with Gasteiger partial charge in [0.1, 0.15) is 5.82 Å². The molecule has 0 aliphatic heterocycles. The molecule has 2 aromatic rings. The molecule has 2 rings (SSSR count). The Kier molecular flexibility index (Phi) is 2.61. The summed E-state index contributed by atoms with van der Waals surface area (Å²) in [6, 6.07) is 2.94. The maximum atomic E-state index is 13.4. The molecule has 0 fully saturated rings. The molecule has 0 atom stereocenters. The second kappa shape index (κ2) is 3.62. The first-order valence-corrected chi connectivity index (χ1v) is 5.62. The maximum Gasteiger partial charge on any atom is 0.202 e. The van der Waals surface area contributed by atoms with Crippen molar-refractivity contribution >= 4 is 49.4 Å². The summed E-state index contributed by atoms with van der Waals surface area (Å²) in [4.78, 5) is 14.4. The number of pyridine rings is 1. The third-order valence-corrected chi connectivity index (χ3v) is 3.12. The van der Waals surface area contributed by atoms with Crippen molar-refractivity contribution in [2.75, 3.05) is 0 Å². The Bertz CT molecular complexity index is 566. The van der Waals surface area contributed by atoms with Gasteiger partial charge in [0.2, 0.25) is 5.43 Å². The van der Waals surface area contributed by atoms with Crippen molar-refractivity contribution in [1.29, 1.82) is 0 Å². The second-order valence-electron chi connectivity index (χ2n) is 2.78. The number of aromatic nitrogens is 1. The van der Waals surface area contributed by atoms with Crippen LogP contribution < -0.4 is 5.43 Å². The van der Waals surface area contributed by atoms with Gasteiger partial charge < -0.3 is 4.98 Å². The summed E-state index contributed by atoms with van der Waals surface area (Å²) < 4.78 is 14.5. The Hall–Kier alpha value is -0.430. The molecule has 0 saturated carbocycles. The average molecular weight is 368 g/mol. The Morgan fingerprint density at radius 2 is 2.14 bits per heavy atom. The molecule has 1 N–H and O–H groups in total. The Balaban J connectivity index is 3.03. The summed E-state index contributed by atoms with van der Waals surface area (Å²) in [6.07, 6.45) is 1.50. The number of H-pyrrole nitrogens is 1. The Labute approximate surface area is 101 Å². The summed E-state index contributed by atoms with van der Waals surface area (Å²) in [5.41, 5.74) is 0.0955. The summed E-state index contributed by atoms with van der Waals surface area (Å²) >= 11 is 5.06. The zero-order valence-electron chi connectivity index (χ0n) is 6.77. The van der Waals surface area contributed by atoms with Gasteiger partial charge >= 0.3 is 0 Å². The molecule has 0 saturated heterocycles. The molecular weight excluding hydrogens is 364 g/mol. The standard InChI is InChI=1S/C9H4BrFINO/c10-4-1-5-8(6(11)2-4)13-3-7(12)9(5)14/h1-3H,(H,13,14). The zero-order valence-corrected chi connectivity index (χ0v) is 10.5. The lowest BCUT2D eigenvalue weighted by Crippen LogP contribution is -2.07. The monoisotopic (exact) mass is 367 g/mol. The number of halogens is 3. The molecule has 5 heteroatoms. The van der Waals surface area contributed by atoms with Crippen LogP contribution in [-0.2, 0) is 0 Å². The quantitative estimate of drug-likeness (QED) is 0.713. The van der Waals surface area contributed by atoms with Crippen molar-refractivity contribution in [1.82, 2.24) is 4.98 Å². The van der Waals surface area contributed by atoms with Crippen LogP contribution in [0.4, 0.5) is 4.39 Å². The molecule has 0 aliphatic rings. The molecule has 0 radical (unpaired) electrons. The van der Waals surface area contributed by atoms with Crippen molar-refractivity contribution in [2.24, 2.45) is 0 Å². The van der Waals surface area contributed by atoms with Gasteiger partial charge in [0.15, 0.2) is 0 Å². The highest BCUT2D eigenvalue weighted by molar-refractivity contribution is 14.1. The first-order chi connectivity index (χ1) is 6.59. The summed E-state index contributed by atoms with van der Waals surface area (Å²) in [6.45, 7) is 0. The van der Waals surface area contributed by atoms with Crippen LogP contribution in [0.5, 0.6) is 0 Å². The smallest absolute Gasteiger partial charge is 0.202 e. The molecule has 0 aliphatic carbocycles. The predicted octanol–water partition coefficient (Wildman–Crippen LogP) is 3.03. The first-order valence-electron chi connectivity index (χ1n) is 3.75. The van der Waals surface area contributed by atoms with Gasteiger partial charge in [-0.3, -0.25) is 4.79 Å². The number of rotatable bonds is 0. The zero-order chi connectivity index (χ0) is 10.3. The van der Waals surface area contributed by atoms with E-state index in [4.69, 9.17) is 0 Å². The van der Waals surface area contributed by atoms with E-state index in [1.165, 1.54) is 12.3 Å². The number of fused-ring (bicyclic) bond motifs is 1. The van der Waals surface area contributed by atoms with E-state index < -0.39 is 5.82 Å². The molecule has 2 nitrogen and oxygen atoms in total. The molecule has 0 unspecified atom stereocenters. The largest absolute Gasteiger partial charge is 0.358 e. The summed E-state index contributed by atoms with van der Waals surface area (Å²) in [5, 5.41) is 0.365. The maximum absolute atomic E-state index is 13.4. The molecule has 0 spiro atoms. The van der Waals surface area contributed by atoms with Gasteiger partial charge in [-0.1, -0.05) is 15.9 Å². The number of nitrogens with one attached hydrogen (secondary N) is 1. The lowest BCUT2D eigenvalue weighted by molar-refractivity contribution is 0.636. The third-order valence-electron chi connectivity index (χ3n) is 1.86. The summed E-state index contributed by atoms with van der Waals surface area (Å²) in [7, 11) is 0. The van der Waals surface area contributed by atoms with Gasteiger partial charge in [-0.05, 0) is 34.7 Å². The molecule has 14 heavy (non-hydrogen) atoms. The molecule has 0 amide bonds. The van der Waals surface area contributed by atoms with E-state index >= 15 is 0 Å². The van der Waals surface area contributed by atoms with Crippen molar-refractivity contribution < 1.29 is 4.39 Å². The Morgan fingerprint density at radius 1 is 1.43 bits per heavy atom. The number of hydrogen-bond donors (Lipinski definition) is 1. The fourth-order valence-corrected chi connectivity index (χ4v) is 2.11. The number of benzene rings is 1. The molecule has 1 aromatic carbocycles. The number of aromatic amines is 1. The van der Waals surface area contributed by atoms with Gasteiger partial charge in [-0.25, -0.2) is 4.39 Å². The van der Waals surface area contributed by atoms with Gasteiger partial charge in [-0.2, -0.15) is 0 Å². The van der Waals surface area contributed by atoms with Crippen molar-refractivity contribution in [2.45, 2.75) is 0 Å². The second-order valence-corrected chi connectivity index (χ2v) is 4.85. The van der Waals surface area contributed by atoms with E-state index in [9.17, 15) is 9.18 Å². The highest BCUT2D eigenvalue weighted by Gasteiger charge is 2.07. The van der Waals surface area contributed by atoms with Gasteiger partial charge in [-0.15, -0.1) is 0 Å². The topological polar surface area (TPSA) is 32.9 Å². The lowest BCUT2D eigenvalue weighted by atomic mass is 10.2. The van der Waals surface area contributed by atoms with Crippen LogP contribution in [0, 0.1) is 9.39 Å². The molecular formula is C9H4BrFINO. The highest BCUT2D eigenvalue weighted by Crippen LogP contribution is 2.19. The van der Waals surface area contributed by atoms with Gasteiger partial charge in [0.05, 0.1) is 14.5 Å². The van der Waals surface area contributed by atoms with Crippen LogP contribution in [0.15, 0.2) is 27.6 Å². The van der Waals surface area contributed by atoms with Crippen LogP contribution in [0.1, 0.15) is 0 Å². The van der Waals surface area contributed by atoms with Crippen molar-refractivity contribution in [3.05, 3.63) is 42.4 Å².